The number of pyridine rings is 1. The number of nitrogens with one attached hydrogen (secondary N) is 1. The number of carbonyl (C=O) groups excluding carboxylic acids is 1. The summed E-state index contributed by atoms with van der Waals surface area (Å²) in [5.41, 5.74) is 10.0. The molecule has 1 amide bonds. The van der Waals surface area contributed by atoms with Gasteiger partial charge in [0.2, 0.25) is 0 Å². The lowest BCUT2D eigenvalue weighted by Gasteiger charge is -2.07. The minimum Gasteiger partial charge on any atom is -0.396 e. The summed E-state index contributed by atoms with van der Waals surface area (Å²) in [7, 11) is 0. The van der Waals surface area contributed by atoms with Crippen molar-refractivity contribution in [2.45, 2.75) is 13.5 Å². The summed E-state index contributed by atoms with van der Waals surface area (Å²) in [6, 6.07) is 9.75. The van der Waals surface area contributed by atoms with Crippen molar-refractivity contribution in [1.29, 1.82) is 0 Å². The lowest BCUT2D eigenvalue weighted by molar-refractivity contribution is 0.0950. The van der Waals surface area contributed by atoms with Crippen LogP contribution < -0.4 is 11.2 Å². The van der Waals surface area contributed by atoms with Gasteiger partial charge in [0.25, 0.3) is 5.91 Å². The van der Waals surface area contributed by atoms with Gasteiger partial charge in [-0.15, -0.1) is 0 Å². The Kier molecular flexibility index (Phi) is 6.64. The first-order chi connectivity index (χ1) is 13.8. The molecule has 0 radical (unpaired) electrons. The number of aromatic nitrogens is 3. The van der Waals surface area contributed by atoms with Crippen LogP contribution in [-0.4, -0.2) is 26.9 Å². The highest BCUT2D eigenvalue weighted by Gasteiger charge is 2.19. The fourth-order valence-electron chi connectivity index (χ4n) is 2.47. The molecule has 0 saturated carbocycles. The van der Waals surface area contributed by atoms with E-state index in [4.69, 9.17) is 52.1 Å². The number of rotatable bonds is 5. The molecule has 11 heteroatoms. The van der Waals surface area contributed by atoms with Crippen LogP contribution in [-0.2, 0) is 6.54 Å². The van der Waals surface area contributed by atoms with E-state index in [0.717, 1.165) is 5.56 Å². The van der Waals surface area contributed by atoms with E-state index in [1.807, 2.05) is 30.3 Å². The Morgan fingerprint density at radius 1 is 1.21 bits per heavy atom. The van der Waals surface area contributed by atoms with Crippen LogP contribution in [0.15, 0.2) is 35.4 Å². The van der Waals surface area contributed by atoms with E-state index >= 15 is 0 Å². The van der Waals surface area contributed by atoms with Crippen molar-refractivity contribution in [3.63, 3.8) is 0 Å². The number of halogens is 4. The largest absolute Gasteiger partial charge is 0.396 e. The summed E-state index contributed by atoms with van der Waals surface area (Å²) in [5, 5.41) is 8.43. The summed E-state index contributed by atoms with van der Waals surface area (Å²) in [5.74, 6) is -0.707. The first-order valence-corrected chi connectivity index (χ1v) is 9.71. The second kappa shape index (κ2) is 9.00. The maximum atomic E-state index is 12.3. The van der Waals surface area contributed by atoms with Crippen LogP contribution in [0.5, 0.6) is 0 Å². The predicted octanol–water partition coefficient (Wildman–Crippen LogP) is 4.59. The van der Waals surface area contributed by atoms with Gasteiger partial charge < -0.3 is 5.73 Å². The van der Waals surface area contributed by atoms with Crippen molar-refractivity contribution in [1.82, 2.24) is 20.2 Å². The van der Waals surface area contributed by atoms with Crippen LogP contribution in [0.3, 0.4) is 0 Å². The lowest BCUT2D eigenvalue weighted by atomic mass is 10.2. The van der Waals surface area contributed by atoms with Gasteiger partial charge in [-0.3, -0.25) is 4.79 Å². The molecule has 0 bridgehead atoms. The molecule has 3 N–H and O–H groups in total. The first-order valence-electron chi connectivity index (χ1n) is 8.19. The van der Waals surface area contributed by atoms with Gasteiger partial charge in [0.05, 0.1) is 34.7 Å². The number of benzene rings is 1. The normalized spacial score (nSPS) is 11.2. The average molecular weight is 472 g/mol. The van der Waals surface area contributed by atoms with Gasteiger partial charge in [0, 0.05) is 0 Å². The summed E-state index contributed by atoms with van der Waals surface area (Å²) in [6.45, 7) is 2.29. The highest BCUT2D eigenvalue weighted by molar-refractivity contribution is 6.46. The predicted molar refractivity (Wildman–Crippen MR) is 116 cm³/mol. The number of aryl methyl sites for hydroxylation is 1. The SMILES string of the molecule is Cc1nn(Cc2ccccc2)c(Cl)c1C=NNC(=O)c1nc(Cl)c(Cl)c(N)c1Cl. The molecule has 29 heavy (non-hydrogen) atoms. The van der Waals surface area contributed by atoms with Crippen LogP contribution in [0, 0.1) is 6.92 Å². The van der Waals surface area contributed by atoms with Crippen LogP contribution in [0.25, 0.3) is 0 Å². The van der Waals surface area contributed by atoms with E-state index in [2.05, 4.69) is 20.6 Å². The molecular weight excluding hydrogens is 458 g/mol. The highest BCUT2D eigenvalue weighted by Crippen LogP contribution is 2.34. The molecule has 3 aromatic rings. The van der Waals surface area contributed by atoms with Crippen molar-refractivity contribution in [2.24, 2.45) is 5.10 Å². The average Bonchev–Trinajstić information content (AvgIpc) is 2.97. The number of anilines is 1. The minimum absolute atomic E-state index is 0.0232. The van der Waals surface area contributed by atoms with E-state index in [1.54, 1.807) is 11.6 Å². The monoisotopic (exact) mass is 470 g/mol. The van der Waals surface area contributed by atoms with Crippen LogP contribution in [0.1, 0.15) is 27.3 Å². The third-order valence-electron chi connectivity index (χ3n) is 3.93. The number of amides is 1. The van der Waals surface area contributed by atoms with E-state index in [9.17, 15) is 4.79 Å². The van der Waals surface area contributed by atoms with Crippen molar-refractivity contribution in [3.8, 4) is 0 Å². The van der Waals surface area contributed by atoms with Crippen molar-refractivity contribution >= 4 is 64.2 Å². The molecule has 0 aliphatic rings. The van der Waals surface area contributed by atoms with Crippen molar-refractivity contribution < 1.29 is 4.79 Å². The van der Waals surface area contributed by atoms with Gasteiger partial charge in [0.15, 0.2) is 10.8 Å². The molecule has 0 unspecified atom stereocenters. The molecule has 0 aliphatic heterocycles. The molecule has 0 aliphatic carbocycles. The number of hydrogen-bond donors (Lipinski definition) is 2. The molecule has 3 rings (SSSR count). The highest BCUT2D eigenvalue weighted by atomic mass is 35.5. The summed E-state index contributed by atoms with van der Waals surface area (Å²) >= 11 is 24.1. The Morgan fingerprint density at radius 2 is 1.90 bits per heavy atom. The Morgan fingerprint density at radius 3 is 2.59 bits per heavy atom. The molecule has 150 valence electrons. The summed E-state index contributed by atoms with van der Waals surface area (Å²) in [6.07, 6.45) is 1.39. The van der Waals surface area contributed by atoms with Gasteiger partial charge in [0.1, 0.15) is 10.2 Å². The molecule has 1 aromatic carbocycles. The fourth-order valence-corrected chi connectivity index (χ4v) is 3.34. The number of nitrogens with two attached hydrogens (primary N) is 1. The Balaban J connectivity index is 1.77. The molecular formula is C18H14Cl4N6O. The number of nitrogens with zero attached hydrogens (tertiary/aromatic N) is 4. The quantitative estimate of drug-likeness (QED) is 0.323. The molecule has 2 aromatic heterocycles. The third-order valence-corrected chi connectivity index (χ3v) is 5.47. The second-order valence-corrected chi connectivity index (χ2v) is 7.40. The van der Waals surface area contributed by atoms with E-state index in [-0.39, 0.29) is 26.6 Å². The maximum Gasteiger partial charge on any atom is 0.291 e. The third kappa shape index (κ3) is 4.64. The minimum atomic E-state index is -0.707. The van der Waals surface area contributed by atoms with Gasteiger partial charge in [-0.05, 0) is 12.5 Å². The van der Waals surface area contributed by atoms with Crippen molar-refractivity contribution in [3.05, 3.63) is 73.2 Å². The number of nitrogen functional groups attached to an aromatic ring is 1. The molecule has 0 atom stereocenters. The standard InChI is InChI=1S/C18H14Cl4N6O/c1-9-11(17(22)28(27-9)8-10-5-3-2-4-6-10)7-24-26-18(29)15-12(19)14(23)13(20)16(21)25-15/h2-7H,8H2,1H3,(H2,23,25)(H,26,29). The van der Waals surface area contributed by atoms with Gasteiger partial charge in [-0.1, -0.05) is 76.7 Å². The lowest BCUT2D eigenvalue weighted by Crippen LogP contribution is -2.20. The van der Waals surface area contributed by atoms with Crippen LogP contribution in [0.4, 0.5) is 5.69 Å². The van der Waals surface area contributed by atoms with Gasteiger partial charge in [-0.2, -0.15) is 10.2 Å². The smallest absolute Gasteiger partial charge is 0.291 e. The summed E-state index contributed by atoms with van der Waals surface area (Å²) in [4.78, 5) is 16.1. The van der Waals surface area contributed by atoms with Crippen LogP contribution in [0.2, 0.25) is 20.4 Å². The number of carbonyl (C=O) groups is 1. The first kappa shape index (κ1) is 21.4. The zero-order chi connectivity index (χ0) is 21.1. The topological polar surface area (TPSA) is 98.2 Å². The zero-order valence-corrected chi connectivity index (χ0v) is 18.0. The number of hydrazone groups is 1. The second-order valence-electron chi connectivity index (χ2n) is 5.93. The molecule has 0 spiro atoms. The number of hydrogen-bond acceptors (Lipinski definition) is 5. The molecule has 2 heterocycles. The fraction of sp³-hybridized carbons (Fsp3) is 0.111. The molecule has 0 fully saturated rings. The van der Waals surface area contributed by atoms with E-state index in [0.29, 0.717) is 23.0 Å². The van der Waals surface area contributed by atoms with E-state index < -0.39 is 5.91 Å². The van der Waals surface area contributed by atoms with Crippen LogP contribution >= 0.6 is 46.4 Å². The maximum absolute atomic E-state index is 12.3. The van der Waals surface area contributed by atoms with Gasteiger partial charge >= 0.3 is 0 Å². The Hall–Kier alpha value is -2.32. The van der Waals surface area contributed by atoms with Gasteiger partial charge in [-0.25, -0.2) is 15.1 Å². The zero-order valence-electron chi connectivity index (χ0n) is 15.0. The van der Waals surface area contributed by atoms with Crippen molar-refractivity contribution in [2.75, 3.05) is 5.73 Å². The Bertz CT molecular complexity index is 1100. The van der Waals surface area contributed by atoms with E-state index in [1.165, 1.54) is 6.21 Å². The Labute approximate surface area is 186 Å². The summed E-state index contributed by atoms with van der Waals surface area (Å²) < 4.78 is 1.65. The molecule has 0 saturated heterocycles. The molecule has 7 nitrogen and oxygen atoms in total.